The van der Waals surface area contributed by atoms with Gasteiger partial charge in [0.25, 0.3) is 0 Å². The van der Waals surface area contributed by atoms with Crippen LogP contribution in [0.5, 0.6) is 0 Å². The van der Waals surface area contributed by atoms with E-state index in [2.05, 4.69) is 12.2 Å². The van der Waals surface area contributed by atoms with Crippen molar-refractivity contribution in [1.29, 1.82) is 0 Å². The monoisotopic (exact) mass is 399 g/mol. The molecule has 0 aliphatic rings. The van der Waals surface area contributed by atoms with Crippen LogP contribution in [0.15, 0.2) is 23.1 Å². The largest absolute Gasteiger partial charge is 0.395 e. The van der Waals surface area contributed by atoms with Gasteiger partial charge in [0.05, 0.1) is 18.0 Å². The van der Waals surface area contributed by atoms with Crippen molar-refractivity contribution >= 4 is 21.6 Å². The number of hydrogen-bond donors (Lipinski definition) is 2. The van der Waals surface area contributed by atoms with Crippen molar-refractivity contribution in [2.24, 2.45) is 0 Å². The lowest BCUT2D eigenvalue weighted by Gasteiger charge is -2.21. The Hall–Kier alpha value is -1.48. The van der Waals surface area contributed by atoms with Gasteiger partial charge in [-0.05, 0) is 37.6 Å². The van der Waals surface area contributed by atoms with E-state index in [1.807, 2.05) is 11.8 Å². The number of unbranched alkanes of at least 4 members (excludes halogenated alkanes) is 1. The molecule has 154 valence electrons. The number of rotatable bonds is 12. The van der Waals surface area contributed by atoms with Gasteiger partial charge in [0, 0.05) is 25.3 Å². The molecule has 0 aliphatic heterocycles. The molecule has 0 bridgehead atoms. The number of anilines is 1. The molecule has 0 aliphatic carbocycles. The van der Waals surface area contributed by atoms with Gasteiger partial charge >= 0.3 is 0 Å². The van der Waals surface area contributed by atoms with Crippen LogP contribution >= 0.6 is 0 Å². The van der Waals surface area contributed by atoms with E-state index in [0.717, 1.165) is 24.9 Å². The topological polar surface area (TPSA) is 90.0 Å². The van der Waals surface area contributed by atoms with Crippen LogP contribution in [0.4, 0.5) is 5.69 Å². The second-order valence-electron chi connectivity index (χ2n) is 6.47. The molecule has 1 amide bonds. The van der Waals surface area contributed by atoms with Gasteiger partial charge in [-0.25, -0.2) is 8.42 Å². The molecule has 7 nitrogen and oxygen atoms in total. The Balaban J connectivity index is 2.95. The normalized spacial score (nSPS) is 12.0. The fraction of sp³-hybridized carbons (Fsp3) is 0.632. The summed E-state index contributed by atoms with van der Waals surface area (Å²) < 4.78 is 26.8. The van der Waals surface area contributed by atoms with Crippen LogP contribution < -0.4 is 5.32 Å². The standard InChI is InChI=1S/C19H33N3O4S/c1-5-8-11-21(12-13-23)15-19(24)20-18-14-17(10-9-16(18)4)27(25,26)22(6-2)7-3/h9-10,14,23H,5-8,11-13,15H2,1-4H3,(H,20,24). The van der Waals surface area contributed by atoms with Crippen LogP contribution in [0.25, 0.3) is 0 Å². The van der Waals surface area contributed by atoms with Crippen LogP contribution in [0.2, 0.25) is 0 Å². The number of hydrogen-bond acceptors (Lipinski definition) is 5. The van der Waals surface area contributed by atoms with Gasteiger partial charge in [0.15, 0.2) is 0 Å². The molecule has 0 aromatic heterocycles. The number of carbonyl (C=O) groups is 1. The zero-order chi connectivity index (χ0) is 20.4. The second kappa shape index (κ2) is 11.4. The van der Waals surface area contributed by atoms with Crippen molar-refractivity contribution in [2.45, 2.75) is 45.4 Å². The summed E-state index contributed by atoms with van der Waals surface area (Å²) in [5.41, 5.74) is 1.29. The molecule has 0 heterocycles. The van der Waals surface area contributed by atoms with Crippen molar-refractivity contribution in [3.05, 3.63) is 23.8 Å². The first kappa shape index (κ1) is 23.6. The van der Waals surface area contributed by atoms with Crippen LogP contribution in [0.1, 0.15) is 39.2 Å². The minimum absolute atomic E-state index is 0.00633. The molecule has 0 fully saturated rings. The van der Waals surface area contributed by atoms with Crippen molar-refractivity contribution in [1.82, 2.24) is 9.21 Å². The predicted octanol–water partition coefficient (Wildman–Crippen LogP) is 2.06. The van der Waals surface area contributed by atoms with Gasteiger partial charge in [-0.2, -0.15) is 4.31 Å². The molecular weight excluding hydrogens is 366 g/mol. The highest BCUT2D eigenvalue weighted by Gasteiger charge is 2.22. The number of carbonyl (C=O) groups excluding carboxylic acids is 1. The van der Waals surface area contributed by atoms with E-state index in [4.69, 9.17) is 5.11 Å². The van der Waals surface area contributed by atoms with Gasteiger partial charge in [-0.3, -0.25) is 9.69 Å². The maximum atomic E-state index is 12.7. The fourth-order valence-electron chi connectivity index (χ4n) is 2.79. The average Bonchev–Trinajstić information content (AvgIpc) is 2.62. The summed E-state index contributed by atoms with van der Waals surface area (Å²) in [6.07, 6.45) is 1.96. The molecule has 27 heavy (non-hydrogen) atoms. The van der Waals surface area contributed by atoms with Crippen LogP contribution in [0.3, 0.4) is 0 Å². The van der Waals surface area contributed by atoms with Crippen LogP contribution in [0, 0.1) is 6.92 Å². The highest BCUT2D eigenvalue weighted by Crippen LogP contribution is 2.23. The maximum Gasteiger partial charge on any atom is 0.243 e. The number of aryl methyl sites for hydroxylation is 1. The molecule has 0 atom stereocenters. The van der Waals surface area contributed by atoms with E-state index in [1.54, 1.807) is 26.0 Å². The Kier molecular flexibility index (Phi) is 9.93. The zero-order valence-corrected chi connectivity index (χ0v) is 17.7. The Labute approximate surface area is 163 Å². The lowest BCUT2D eigenvalue weighted by atomic mass is 10.2. The summed E-state index contributed by atoms with van der Waals surface area (Å²) in [5, 5.41) is 12.0. The number of amides is 1. The number of aliphatic hydroxyl groups is 1. The van der Waals surface area contributed by atoms with Gasteiger partial charge in [-0.1, -0.05) is 33.3 Å². The van der Waals surface area contributed by atoms with E-state index in [1.165, 1.54) is 10.4 Å². The summed E-state index contributed by atoms with van der Waals surface area (Å²) in [6, 6.07) is 4.79. The van der Waals surface area contributed by atoms with Crippen molar-refractivity contribution in [2.75, 3.05) is 44.6 Å². The SMILES string of the molecule is CCCCN(CCO)CC(=O)Nc1cc(S(=O)(=O)N(CC)CC)ccc1C. The van der Waals surface area contributed by atoms with E-state index < -0.39 is 10.0 Å². The number of nitrogens with one attached hydrogen (secondary N) is 1. The van der Waals surface area contributed by atoms with Crippen molar-refractivity contribution in [3.63, 3.8) is 0 Å². The molecule has 0 radical (unpaired) electrons. The average molecular weight is 400 g/mol. The third-order valence-electron chi connectivity index (χ3n) is 4.44. The fourth-order valence-corrected chi connectivity index (χ4v) is 4.28. The molecule has 1 aromatic carbocycles. The third-order valence-corrected chi connectivity index (χ3v) is 6.48. The molecule has 1 rings (SSSR count). The Morgan fingerprint density at radius 1 is 1.15 bits per heavy atom. The van der Waals surface area contributed by atoms with Gasteiger partial charge in [-0.15, -0.1) is 0 Å². The van der Waals surface area contributed by atoms with Gasteiger partial charge < -0.3 is 10.4 Å². The first-order chi connectivity index (χ1) is 12.8. The zero-order valence-electron chi connectivity index (χ0n) is 16.9. The summed E-state index contributed by atoms with van der Waals surface area (Å²) in [5.74, 6) is -0.222. The Morgan fingerprint density at radius 3 is 2.37 bits per heavy atom. The van der Waals surface area contributed by atoms with Gasteiger partial charge in [0.1, 0.15) is 0 Å². The summed E-state index contributed by atoms with van der Waals surface area (Å²) in [4.78, 5) is 14.5. The lowest BCUT2D eigenvalue weighted by molar-refractivity contribution is -0.117. The van der Waals surface area contributed by atoms with E-state index in [0.29, 0.717) is 25.3 Å². The smallest absolute Gasteiger partial charge is 0.243 e. The van der Waals surface area contributed by atoms with E-state index in [-0.39, 0.29) is 24.0 Å². The summed E-state index contributed by atoms with van der Waals surface area (Å²) in [6.45, 7) is 9.59. The third kappa shape index (κ3) is 6.88. The summed E-state index contributed by atoms with van der Waals surface area (Å²) >= 11 is 0. The first-order valence-corrected chi connectivity index (χ1v) is 11.0. The quantitative estimate of drug-likeness (QED) is 0.561. The Bertz CT molecular complexity index is 703. The first-order valence-electron chi connectivity index (χ1n) is 9.53. The molecule has 1 aromatic rings. The summed E-state index contributed by atoms with van der Waals surface area (Å²) in [7, 11) is -3.58. The highest BCUT2D eigenvalue weighted by atomic mass is 32.2. The molecule has 0 saturated heterocycles. The maximum absolute atomic E-state index is 12.7. The molecule has 0 saturated carbocycles. The number of sulfonamides is 1. The molecule has 0 spiro atoms. The molecule has 2 N–H and O–H groups in total. The second-order valence-corrected chi connectivity index (χ2v) is 8.41. The van der Waals surface area contributed by atoms with Crippen molar-refractivity contribution < 1.29 is 18.3 Å². The minimum Gasteiger partial charge on any atom is -0.395 e. The number of nitrogens with zero attached hydrogens (tertiary/aromatic N) is 2. The van der Waals surface area contributed by atoms with Crippen molar-refractivity contribution in [3.8, 4) is 0 Å². The predicted molar refractivity (Wildman–Crippen MR) is 108 cm³/mol. The minimum atomic E-state index is -3.58. The number of benzene rings is 1. The van der Waals surface area contributed by atoms with Crippen LogP contribution in [-0.4, -0.2) is 68.0 Å². The van der Waals surface area contributed by atoms with Gasteiger partial charge in [0.2, 0.25) is 15.9 Å². The molecular formula is C19H33N3O4S. The lowest BCUT2D eigenvalue weighted by Crippen LogP contribution is -2.36. The van der Waals surface area contributed by atoms with Crippen LogP contribution in [-0.2, 0) is 14.8 Å². The number of aliphatic hydroxyl groups excluding tert-OH is 1. The molecule has 8 heteroatoms. The molecule has 0 unspecified atom stereocenters. The van der Waals surface area contributed by atoms with E-state index >= 15 is 0 Å². The van der Waals surface area contributed by atoms with E-state index in [9.17, 15) is 13.2 Å². The highest BCUT2D eigenvalue weighted by molar-refractivity contribution is 7.89. The Morgan fingerprint density at radius 2 is 1.81 bits per heavy atom.